The standard InChI is InChI=1S/C15H16N2O6/c1-10-7-13(17-23-10)16-14(18)8-22-15(19)9-21-12-5-3-11(20-2)4-6-12/h3-7H,8-9H2,1-2H3,(H,16,17,18). The topological polar surface area (TPSA) is 99.9 Å². The van der Waals surface area contributed by atoms with Crippen molar-refractivity contribution < 1.29 is 28.3 Å². The summed E-state index contributed by atoms with van der Waals surface area (Å²) in [7, 11) is 1.55. The summed E-state index contributed by atoms with van der Waals surface area (Å²) in [5, 5.41) is 6.02. The second-order valence-electron chi connectivity index (χ2n) is 4.50. The number of hydrogen-bond acceptors (Lipinski definition) is 7. The fourth-order valence-corrected chi connectivity index (χ4v) is 1.61. The normalized spacial score (nSPS) is 10.0. The van der Waals surface area contributed by atoms with Crippen LogP contribution in [0.4, 0.5) is 5.82 Å². The Morgan fingerprint density at radius 2 is 1.87 bits per heavy atom. The molecule has 8 heteroatoms. The molecule has 1 aromatic heterocycles. The molecule has 0 atom stereocenters. The molecular formula is C15H16N2O6. The Bertz CT molecular complexity index is 665. The van der Waals surface area contributed by atoms with Gasteiger partial charge in [-0.2, -0.15) is 0 Å². The molecule has 0 fully saturated rings. The summed E-state index contributed by atoms with van der Waals surface area (Å²) < 4.78 is 19.8. The zero-order valence-electron chi connectivity index (χ0n) is 12.7. The van der Waals surface area contributed by atoms with Gasteiger partial charge in [0.25, 0.3) is 5.91 Å². The summed E-state index contributed by atoms with van der Waals surface area (Å²) >= 11 is 0. The third-order valence-corrected chi connectivity index (χ3v) is 2.68. The molecule has 122 valence electrons. The number of amides is 1. The Labute approximate surface area is 132 Å². The predicted octanol–water partition coefficient (Wildman–Crippen LogP) is 1.55. The van der Waals surface area contributed by atoms with Crippen LogP contribution in [0.2, 0.25) is 0 Å². The average Bonchev–Trinajstić information content (AvgIpc) is 2.96. The molecular weight excluding hydrogens is 304 g/mol. The molecule has 0 saturated carbocycles. The maximum atomic E-state index is 11.5. The Hall–Kier alpha value is -3.03. The average molecular weight is 320 g/mol. The lowest BCUT2D eigenvalue weighted by molar-refractivity contribution is -0.149. The van der Waals surface area contributed by atoms with Gasteiger partial charge in [-0.1, -0.05) is 5.16 Å². The Balaban J connectivity index is 1.68. The number of benzene rings is 1. The number of anilines is 1. The fraction of sp³-hybridized carbons (Fsp3) is 0.267. The predicted molar refractivity (Wildman–Crippen MR) is 79.3 cm³/mol. The molecule has 2 rings (SSSR count). The molecule has 0 aliphatic heterocycles. The first-order valence-electron chi connectivity index (χ1n) is 6.72. The molecule has 2 aromatic rings. The van der Waals surface area contributed by atoms with Gasteiger partial charge in [-0.15, -0.1) is 0 Å². The maximum absolute atomic E-state index is 11.5. The van der Waals surface area contributed by atoms with Gasteiger partial charge in [0.05, 0.1) is 7.11 Å². The van der Waals surface area contributed by atoms with Gasteiger partial charge in [0.1, 0.15) is 17.3 Å². The van der Waals surface area contributed by atoms with Crippen LogP contribution in [0.25, 0.3) is 0 Å². The van der Waals surface area contributed by atoms with Gasteiger partial charge in [-0.25, -0.2) is 4.79 Å². The largest absolute Gasteiger partial charge is 0.497 e. The summed E-state index contributed by atoms with van der Waals surface area (Å²) in [5.41, 5.74) is 0. The molecule has 0 unspecified atom stereocenters. The highest BCUT2D eigenvalue weighted by molar-refractivity contribution is 5.91. The summed E-state index contributed by atoms with van der Waals surface area (Å²) in [5.74, 6) is 0.816. The molecule has 0 bridgehead atoms. The highest BCUT2D eigenvalue weighted by Gasteiger charge is 2.10. The van der Waals surface area contributed by atoms with Crippen LogP contribution in [0.3, 0.4) is 0 Å². The van der Waals surface area contributed by atoms with E-state index < -0.39 is 18.5 Å². The van der Waals surface area contributed by atoms with E-state index in [9.17, 15) is 9.59 Å². The molecule has 1 amide bonds. The molecule has 1 heterocycles. The smallest absolute Gasteiger partial charge is 0.344 e. The van der Waals surface area contributed by atoms with Crippen LogP contribution >= 0.6 is 0 Å². The molecule has 0 spiro atoms. The molecule has 23 heavy (non-hydrogen) atoms. The second kappa shape index (κ2) is 7.83. The molecule has 1 N–H and O–H groups in total. The minimum Gasteiger partial charge on any atom is -0.497 e. The number of aryl methyl sites for hydroxylation is 1. The monoisotopic (exact) mass is 320 g/mol. The van der Waals surface area contributed by atoms with E-state index in [2.05, 4.69) is 10.5 Å². The number of rotatable bonds is 7. The molecule has 0 radical (unpaired) electrons. The first-order valence-corrected chi connectivity index (χ1v) is 6.72. The van der Waals surface area contributed by atoms with Crippen LogP contribution in [0, 0.1) is 6.92 Å². The van der Waals surface area contributed by atoms with Crippen molar-refractivity contribution in [1.82, 2.24) is 5.16 Å². The minimum atomic E-state index is -0.660. The van der Waals surface area contributed by atoms with Crippen molar-refractivity contribution in [1.29, 1.82) is 0 Å². The van der Waals surface area contributed by atoms with E-state index in [4.69, 9.17) is 18.7 Å². The zero-order valence-corrected chi connectivity index (χ0v) is 12.7. The van der Waals surface area contributed by atoms with E-state index in [-0.39, 0.29) is 12.4 Å². The Kier molecular flexibility index (Phi) is 5.56. The summed E-state index contributed by atoms with van der Waals surface area (Å²) in [6.07, 6.45) is 0. The van der Waals surface area contributed by atoms with Crippen molar-refractivity contribution in [2.45, 2.75) is 6.92 Å². The first-order chi connectivity index (χ1) is 11.1. The highest BCUT2D eigenvalue weighted by Crippen LogP contribution is 2.16. The lowest BCUT2D eigenvalue weighted by atomic mass is 10.3. The van der Waals surface area contributed by atoms with Crippen LogP contribution in [0.5, 0.6) is 11.5 Å². The van der Waals surface area contributed by atoms with Gasteiger partial charge in [0.15, 0.2) is 19.0 Å². The maximum Gasteiger partial charge on any atom is 0.344 e. The van der Waals surface area contributed by atoms with Crippen LogP contribution < -0.4 is 14.8 Å². The summed E-state index contributed by atoms with van der Waals surface area (Å²) in [6, 6.07) is 8.27. The number of esters is 1. The van der Waals surface area contributed by atoms with Crippen molar-refractivity contribution in [3.8, 4) is 11.5 Å². The van der Waals surface area contributed by atoms with Crippen molar-refractivity contribution in [3.05, 3.63) is 36.1 Å². The van der Waals surface area contributed by atoms with Gasteiger partial charge < -0.3 is 24.1 Å². The van der Waals surface area contributed by atoms with E-state index in [1.807, 2.05) is 0 Å². The van der Waals surface area contributed by atoms with Crippen LogP contribution in [-0.2, 0) is 14.3 Å². The molecule has 0 aliphatic carbocycles. The number of aromatic nitrogens is 1. The minimum absolute atomic E-state index is 0.262. The number of nitrogens with one attached hydrogen (secondary N) is 1. The van der Waals surface area contributed by atoms with Gasteiger partial charge in [0, 0.05) is 6.07 Å². The number of carbonyl (C=O) groups is 2. The van der Waals surface area contributed by atoms with Crippen LogP contribution in [-0.4, -0.2) is 37.4 Å². The lowest BCUT2D eigenvalue weighted by Gasteiger charge is -2.07. The van der Waals surface area contributed by atoms with E-state index in [0.29, 0.717) is 17.3 Å². The highest BCUT2D eigenvalue weighted by atomic mass is 16.6. The second-order valence-corrected chi connectivity index (χ2v) is 4.50. The molecule has 1 aromatic carbocycles. The summed E-state index contributed by atoms with van der Waals surface area (Å²) in [4.78, 5) is 23.1. The Morgan fingerprint density at radius 1 is 1.17 bits per heavy atom. The fourth-order valence-electron chi connectivity index (χ4n) is 1.61. The van der Waals surface area contributed by atoms with Gasteiger partial charge in [0.2, 0.25) is 0 Å². The van der Waals surface area contributed by atoms with Crippen LogP contribution in [0.1, 0.15) is 5.76 Å². The lowest BCUT2D eigenvalue weighted by Crippen LogP contribution is -2.23. The number of nitrogens with zero attached hydrogens (tertiary/aromatic N) is 1. The van der Waals surface area contributed by atoms with Crippen molar-refractivity contribution >= 4 is 17.7 Å². The Morgan fingerprint density at radius 3 is 2.48 bits per heavy atom. The number of hydrogen-bond donors (Lipinski definition) is 1. The SMILES string of the molecule is COc1ccc(OCC(=O)OCC(=O)Nc2cc(C)on2)cc1. The van der Waals surface area contributed by atoms with E-state index in [1.54, 1.807) is 44.4 Å². The molecule has 0 saturated heterocycles. The van der Waals surface area contributed by atoms with Gasteiger partial charge in [-0.05, 0) is 31.2 Å². The number of ether oxygens (including phenoxy) is 3. The summed E-state index contributed by atoms with van der Waals surface area (Å²) in [6.45, 7) is 0.957. The quantitative estimate of drug-likeness (QED) is 0.772. The number of carbonyl (C=O) groups excluding carboxylic acids is 2. The third-order valence-electron chi connectivity index (χ3n) is 2.68. The third kappa shape index (κ3) is 5.34. The molecule has 8 nitrogen and oxygen atoms in total. The van der Waals surface area contributed by atoms with Crippen molar-refractivity contribution in [2.75, 3.05) is 25.6 Å². The van der Waals surface area contributed by atoms with Crippen LogP contribution in [0.15, 0.2) is 34.9 Å². The first kappa shape index (κ1) is 16.3. The van der Waals surface area contributed by atoms with Crippen molar-refractivity contribution in [3.63, 3.8) is 0 Å². The zero-order chi connectivity index (χ0) is 16.7. The van der Waals surface area contributed by atoms with E-state index >= 15 is 0 Å². The van der Waals surface area contributed by atoms with Gasteiger partial charge >= 0.3 is 5.97 Å². The number of methoxy groups -OCH3 is 1. The van der Waals surface area contributed by atoms with Crippen molar-refractivity contribution in [2.24, 2.45) is 0 Å². The van der Waals surface area contributed by atoms with E-state index in [0.717, 1.165) is 0 Å². The van der Waals surface area contributed by atoms with E-state index in [1.165, 1.54) is 0 Å². The molecule has 0 aliphatic rings. The van der Waals surface area contributed by atoms with Gasteiger partial charge in [-0.3, -0.25) is 4.79 Å².